The first-order valence-corrected chi connectivity index (χ1v) is 9.71. The maximum Gasteiger partial charge on any atom is 0.192 e. The van der Waals surface area contributed by atoms with Gasteiger partial charge in [-0.2, -0.15) is 0 Å². The van der Waals surface area contributed by atoms with E-state index in [0.717, 1.165) is 39.4 Å². The molecule has 0 fully saturated rings. The Morgan fingerprint density at radius 1 is 0.964 bits per heavy atom. The summed E-state index contributed by atoms with van der Waals surface area (Å²) in [5.74, 6) is 3.89. The SMILES string of the molecule is C=CCn1c(SCc2cc(OC)ccc2OC)nnc1-c1ccc(OC)cc1. The van der Waals surface area contributed by atoms with Crippen molar-refractivity contribution in [2.45, 2.75) is 17.5 Å². The molecular weight excluding hydrogens is 374 g/mol. The second kappa shape index (κ2) is 9.32. The highest BCUT2D eigenvalue weighted by Crippen LogP contribution is 2.32. The molecule has 0 saturated heterocycles. The van der Waals surface area contributed by atoms with E-state index in [1.54, 1.807) is 33.1 Å². The van der Waals surface area contributed by atoms with Gasteiger partial charge in [0.2, 0.25) is 0 Å². The maximum absolute atomic E-state index is 5.47. The number of thioether (sulfide) groups is 1. The van der Waals surface area contributed by atoms with Crippen LogP contribution in [0.25, 0.3) is 11.4 Å². The van der Waals surface area contributed by atoms with E-state index in [0.29, 0.717) is 12.3 Å². The van der Waals surface area contributed by atoms with Crippen molar-refractivity contribution in [2.75, 3.05) is 21.3 Å². The summed E-state index contributed by atoms with van der Waals surface area (Å²) in [7, 11) is 4.97. The number of ether oxygens (including phenoxy) is 3. The molecule has 28 heavy (non-hydrogen) atoms. The molecule has 0 aliphatic carbocycles. The Balaban J connectivity index is 1.86. The first-order chi connectivity index (χ1) is 13.7. The molecule has 3 aromatic rings. The van der Waals surface area contributed by atoms with Crippen LogP contribution in [0, 0.1) is 0 Å². The van der Waals surface area contributed by atoms with Crippen molar-refractivity contribution in [3.8, 4) is 28.6 Å². The average molecular weight is 398 g/mol. The van der Waals surface area contributed by atoms with Gasteiger partial charge < -0.3 is 14.2 Å². The highest BCUT2D eigenvalue weighted by atomic mass is 32.2. The molecule has 146 valence electrons. The number of aromatic nitrogens is 3. The largest absolute Gasteiger partial charge is 0.497 e. The van der Waals surface area contributed by atoms with E-state index in [9.17, 15) is 0 Å². The van der Waals surface area contributed by atoms with Crippen LogP contribution in [0.2, 0.25) is 0 Å². The molecular formula is C21H23N3O3S. The summed E-state index contributed by atoms with van der Waals surface area (Å²) in [6.07, 6.45) is 1.84. The first kappa shape index (κ1) is 19.8. The quantitative estimate of drug-likeness (QED) is 0.393. The molecule has 1 heterocycles. The van der Waals surface area contributed by atoms with Crippen LogP contribution in [0.3, 0.4) is 0 Å². The number of methoxy groups -OCH3 is 3. The zero-order valence-corrected chi connectivity index (χ0v) is 17.0. The zero-order chi connectivity index (χ0) is 19.9. The lowest BCUT2D eigenvalue weighted by atomic mass is 10.2. The van der Waals surface area contributed by atoms with Crippen molar-refractivity contribution in [3.05, 3.63) is 60.7 Å². The average Bonchev–Trinajstić information content (AvgIpc) is 3.14. The third-order valence-corrected chi connectivity index (χ3v) is 5.24. The highest BCUT2D eigenvalue weighted by Gasteiger charge is 2.15. The summed E-state index contributed by atoms with van der Waals surface area (Å²) in [5, 5.41) is 9.60. The summed E-state index contributed by atoms with van der Waals surface area (Å²) >= 11 is 1.59. The summed E-state index contributed by atoms with van der Waals surface area (Å²) in [6.45, 7) is 4.48. The Labute approximate surface area is 169 Å². The van der Waals surface area contributed by atoms with Crippen LogP contribution in [-0.4, -0.2) is 36.1 Å². The van der Waals surface area contributed by atoms with Crippen molar-refractivity contribution in [2.24, 2.45) is 0 Å². The molecule has 0 aliphatic heterocycles. The minimum absolute atomic E-state index is 0.617. The van der Waals surface area contributed by atoms with Crippen LogP contribution in [0.15, 0.2) is 60.3 Å². The van der Waals surface area contributed by atoms with Gasteiger partial charge in [0, 0.05) is 23.4 Å². The molecule has 0 saturated carbocycles. The molecule has 0 spiro atoms. The van der Waals surface area contributed by atoms with Crippen molar-refractivity contribution in [1.82, 2.24) is 14.8 Å². The Kier molecular flexibility index (Phi) is 6.60. The number of hydrogen-bond acceptors (Lipinski definition) is 6. The molecule has 0 aliphatic rings. The fourth-order valence-electron chi connectivity index (χ4n) is 2.78. The number of hydrogen-bond donors (Lipinski definition) is 0. The van der Waals surface area contributed by atoms with E-state index in [4.69, 9.17) is 14.2 Å². The van der Waals surface area contributed by atoms with Gasteiger partial charge in [-0.05, 0) is 42.5 Å². The van der Waals surface area contributed by atoms with Crippen molar-refractivity contribution in [3.63, 3.8) is 0 Å². The van der Waals surface area contributed by atoms with Gasteiger partial charge in [-0.25, -0.2) is 0 Å². The molecule has 7 heteroatoms. The number of benzene rings is 2. The van der Waals surface area contributed by atoms with Gasteiger partial charge in [-0.15, -0.1) is 16.8 Å². The first-order valence-electron chi connectivity index (χ1n) is 8.72. The summed E-state index contributed by atoms with van der Waals surface area (Å²) in [6, 6.07) is 13.5. The van der Waals surface area contributed by atoms with Gasteiger partial charge in [0.1, 0.15) is 17.2 Å². The Morgan fingerprint density at radius 2 is 1.68 bits per heavy atom. The van der Waals surface area contributed by atoms with E-state index < -0.39 is 0 Å². The molecule has 0 N–H and O–H groups in total. The highest BCUT2D eigenvalue weighted by molar-refractivity contribution is 7.98. The molecule has 1 aromatic heterocycles. The second-order valence-electron chi connectivity index (χ2n) is 5.90. The molecule has 0 unspecified atom stereocenters. The lowest BCUT2D eigenvalue weighted by Gasteiger charge is -2.11. The van der Waals surface area contributed by atoms with Gasteiger partial charge in [0.15, 0.2) is 11.0 Å². The van der Waals surface area contributed by atoms with Crippen LogP contribution >= 0.6 is 11.8 Å². The Hall–Kier alpha value is -2.93. The van der Waals surface area contributed by atoms with E-state index in [2.05, 4.69) is 16.8 Å². The maximum atomic E-state index is 5.47. The Morgan fingerprint density at radius 3 is 2.32 bits per heavy atom. The topological polar surface area (TPSA) is 58.4 Å². The van der Waals surface area contributed by atoms with E-state index in [1.165, 1.54) is 0 Å². The fourth-order valence-corrected chi connectivity index (χ4v) is 3.71. The van der Waals surface area contributed by atoms with Gasteiger partial charge in [-0.1, -0.05) is 17.8 Å². The van der Waals surface area contributed by atoms with Crippen LogP contribution in [0.4, 0.5) is 0 Å². The fraction of sp³-hybridized carbons (Fsp3) is 0.238. The zero-order valence-electron chi connectivity index (χ0n) is 16.2. The molecule has 0 bridgehead atoms. The van der Waals surface area contributed by atoms with Gasteiger partial charge in [0.25, 0.3) is 0 Å². The summed E-state index contributed by atoms with van der Waals surface area (Å²) in [4.78, 5) is 0. The summed E-state index contributed by atoms with van der Waals surface area (Å²) < 4.78 is 18.1. The van der Waals surface area contributed by atoms with Gasteiger partial charge >= 0.3 is 0 Å². The molecule has 6 nitrogen and oxygen atoms in total. The molecule has 2 aromatic carbocycles. The normalized spacial score (nSPS) is 10.5. The van der Waals surface area contributed by atoms with E-state index >= 15 is 0 Å². The number of rotatable bonds is 9. The van der Waals surface area contributed by atoms with Crippen molar-refractivity contribution >= 4 is 11.8 Å². The third-order valence-electron chi connectivity index (χ3n) is 4.22. The smallest absolute Gasteiger partial charge is 0.192 e. The van der Waals surface area contributed by atoms with Crippen molar-refractivity contribution in [1.29, 1.82) is 0 Å². The molecule has 0 amide bonds. The van der Waals surface area contributed by atoms with Gasteiger partial charge in [0.05, 0.1) is 21.3 Å². The lowest BCUT2D eigenvalue weighted by Crippen LogP contribution is -2.01. The number of nitrogens with zero attached hydrogens (tertiary/aromatic N) is 3. The Bertz CT molecular complexity index is 939. The molecule has 0 radical (unpaired) electrons. The van der Waals surface area contributed by atoms with Gasteiger partial charge in [-0.3, -0.25) is 4.57 Å². The standard InChI is InChI=1S/C21H23N3O3S/c1-5-12-24-20(15-6-8-17(25-2)9-7-15)22-23-21(24)28-14-16-13-18(26-3)10-11-19(16)27-4/h5-11,13H,1,12,14H2,2-4H3. The predicted molar refractivity (Wildman–Crippen MR) is 111 cm³/mol. The number of allylic oxidation sites excluding steroid dienone is 1. The predicted octanol–water partition coefficient (Wildman–Crippen LogP) is 4.45. The minimum atomic E-state index is 0.617. The molecule has 0 atom stereocenters. The molecule has 3 rings (SSSR count). The second-order valence-corrected chi connectivity index (χ2v) is 6.84. The minimum Gasteiger partial charge on any atom is -0.497 e. The van der Waals surface area contributed by atoms with Crippen molar-refractivity contribution < 1.29 is 14.2 Å². The third kappa shape index (κ3) is 4.31. The van der Waals surface area contributed by atoms with Crippen LogP contribution in [0.5, 0.6) is 17.2 Å². The van der Waals surface area contributed by atoms with Crippen LogP contribution < -0.4 is 14.2 Å². The van der Waals surface area contributed by atoms with Crippen LogP contribution in [0.1, 0.15) is 5.56 Å². The van der Waals surface area contributed by atoms with E-state index in [1.807, 2.05) is 53.1 Å². The monoisotopic (exact) mass is 397 g/mol. The summed E-state index contributed by atoms with van der Waals surface area (Å²) in [5.41, 5.74) is 2.01. The van der Waals surface area contributed by atoms with E-state index in [-0.39, 0.29) is 0 Å². The lowest BCUT2D eigenvalue weighted by molar-refractivity contribution is 0.400. The van der Waals surface area contributed by atoms with Crippen LogP contribution in [-0.2, 0) is 12.3 Å².